The molecule has 78 valence electrons. The zero-order valence-corrected chi connectivity index (χ0v) is 8.92. The molecular formula is C11H22O2. The average molecular weight is 186 g/mol. The second kappa shape index (κ2) is 9.72. The van der Waals surface area contributed by atoms with Gasteiger partial charge in [-0.15, -0.1) is 0 Å². The summed E-state index contributed by atoms with van der Waals surface area (Å²) in [7, 11) is 1.68. The van der Waals surface area contributed by atoms with E-state index in [2.05, 4.69) is 6.92 Å². The van der Waals surface area contributed by atoms with E-state index in [0.717, 1.165) is 12.7 Å². The molecule has 13 heavy (non-hydrogen) atoms. The highest BCUT2D eigenvalue weighted by Gasteiger charge is 2.04. The largest absolute Gasteiger partial charge is 0.381 e. The summed E-state index contributed by atoms with van der Waals surface area (Å²) >= 11 is 0. The number of hydrogen-bond acceptors (Lipinski definition) is 2. The molecule has 0 amide bonds. The van der Waals surface area contributed by atoms with E-state index >= 15 is 0 Å². The number of methoxy groups -OCH3 is 1. The standard InChI is InChI=1S/C11H22O2/c1-3-4-5-6-7-8-11(13-2)9-10-12/h10-11H,3-9H2,1-2H3/t11-/m0/s1. The summed E-state index contributed by atoms with van der Waals surface area (Å²) in [6, 6.07) is 0. The number of carbonyl (C=O) groups excluding carboxylic acids is 1. The van der Waals surface area contributed by atoms with Crippen LogP contribution < -0.4 is 0 Å². The molecule has 0 aromatic rings. The van der Waals surface area contributed by atoms with Crippen molar-refractivity contribution in [3.05, 3.63) is 0 Å². The number of aldehydes is 1. The molecule has 0 aromatic carbocycles. The summed E-state index contributed by atoms with van der Waals surface area (Å²) in [5.41, 5.74) is 0. The van der Waals surface area contributed by atoms with Gasteiger partial charge in [-0.1, -0.05) is 39.0 Å². The normalized spacial score (nSPS) is 12.8. The number of ether oxygens (including phenoxy) is 1. The molecule has 0 aliphatic carbocycles. The van der Waals surface area contributed by atoms with Gasteiger partial charge in [0.25, 0.3) is 0 Å². The van der Waals surface area contributed by atoms with E-state index in [0.29, 0.717) is 6.42 Å². The zero-order chi connectivity index (χ0) is 9.94. The van der Waals surface area contributed by atoms with Crippen LogP contribution in [0.2, 0.25) is 0 Å². The molecule has 0 aromatic heterocycles. The molecule has 0 saturated carbocycles. The van der Waals surface area contributed by atoms with Crippen LogP contribution in [-0.4, -0.2) is 19.5 Å². The van der Waals surface area contributed by atoms with E-state index in [4.69, 9.17) is 4.74 Å². The molecule has 0 aliphatic heterocycles. The Kier molecular flexibility index (Phi) is 9.44. The van der Waals surface area contributed by atoms with E-state index in [9.17, 15) is 4.79 Å². The highest BCUT2D eigenvalue weighted by atomic mass is 16.5. The van der Waals surface area contributed by atoms with E-state index in [1.165, 1.54) is 32.1 Å². The Hall–Kier alpha value is -0.370. The topological polar surface area (TPSA) is 26.3 Å². The Morgan fingerprint density at radius 2 is 1.92 bits per heavy atom. The number of hydrogen-bond donors (Lipinski definition) is 0. The first-order valence-electron chi connectivity index (χ1n) is 5.31. The number of carbonyl (C=O) groups is 1. The molecule has 0 fully saturated rings. The maximum absolute atomic E-state index is 10.2. The van der Waals surface area contributed by atoms with Crippen molar-refractivity contribution in [3.8, 4) is 0 Å². The Balaban J connectivity index is 3.22. The Morgan fingerprint density at radius 1 is 1.23 bits per heavy atom. The van der Waals surface area contributed by atoms with Gasteiger partial charge in [-0.2, -0.15) is 0 Å². The molecule has 0 unspecified atom stereocenters. The fourth-order valence-corrected chi connectivity index (χ4v) is 1.41. The van der Waals surface area contributed by atoms with Crippen LogP contribution in [0.5, 0.6) is 0 Å². The van der Waals surface area contributed by atoms with Gasteiger partial charge in [0, 0.05) is 13.5 Å². The van der Waals surface area contributed by atoms with Crippen LogP contribution >= 0.6 is 0 Å². The van der Waals surface area contributed by atoms with Crippen LogP contribution in [0.3, 0.4) is 0 Å². The summed E-state index contributed by atoms with van der Waals surface area (Å²) < 4.78 is 5.17. The Morgan fingerprint density at radius 3 is 2.46 bits per heavy atom. The molecule has 0 N–H and O–H groups in total. The van der Waals surface area contributed by atoms with Gasteiger partial charge in [-0.3, -0.25) is 0 Å². The van der Waals surface area contributed by atoms with Gasteiger partial charge >= 0.3 is 0 Å². The molecular weight excluding hydrogens is 164 g/mol. The van der Waals surface area contributed by atoms with Crippen molar-refractivity contribution in [1.82, 2.24) is 0 Å². The van der Waals surface area contributed by atoms with E-state index < -0.39 is 0 Å². The predicted molar refractivity (Wildman–Crippen MR) is 54.9 cm³/mol. The van der Waals surface area contributed by atoms with Crippen molar-refractivity contribution < 1.29 is 9.53 Å². The van der Waals surface area contributed by atoms with E-state index in [1.54, 1.807) is 7.11 Å². The summed E-state index contributed by atoms with van der Waals surface area (Å²) in [5, 5.41) is 0. The smallest absolute Gasteiger partial charge is 0.122 e. The van der Waals surface area contributed by atoms with Crippen LogP contribution in [0.15, 0.2) is 0 Å². The fourth-order valence-electron chi connectivity index (χ4n) is 1.41. The van der Waals surface area contributed by atoms with Crippen LogP contribution in [-0.2, 0) is 9.53 Å². The molecule has 0 radical (unpaired) electrons. The maximum atomic E-state index is 10.2. The fraction of sp³-hybridized carbons (Fsp3) is 0.909. The van der Waals surface area contributed by atoms with E-state index in [1.807, 2.05) is 0 Å². The van der Waals surface area contributed by atoms with Gasteiger partial charge in [0.1, 0.15) is 6.29 Å². The van der Waals surface area contributed by atoms with Crippen LogP contribution in [0, 0.1) is 0 Å². The first-order chi connectivity index (χ1) is 6.35. The van der Waals surface area contributed by atoms with E-state index in [-0.39, 0.29) is 6.10 Å². The Labute approximate surface area is 81.7 Å². The third-order valence-electron chi connectivity index (χ3n) is 2.32. The van der Waals surface area contributed by atoms with Gasteiger partial charge in [0.05, 0.1) is 6.10 Å². The molecule has 0 bridgehead atoms. The van der Waals surface area contributed by atoms with Gasteiger partial charge < -0.3 is 9.53 Å². The lowest BCUT2D eigenvalue weighted by atomic mass is 10.1. The SMILES string of the molecule is CCCCCCC[C@@H](CC=O)OC. The lowest BCUT2D eigenvalue weighted by molar-refractivity contribution is -0.110. The second-order valence-electron chi connectivity index (χ2n) is 3.46. The zero-order valence-electron chi connectivity index (χ0n) is 8.92. The van der Waals surface area contributed by atoms with Crippen molar-refractivity contribution in [1.29, 1.82) is 0 Å². The molecule has 2 heteroatoms. The minimum absolute atomic E-state index is 0.152. The predicted octanol–water partition coefficient (Wildman–Crippen LogP) is 2.95. The maximum Gasteiger partial charge on any atom is 0.122 e. The summed E-state index contributed by atoms with van der Waals surface area (Å²) in [5.74, 6) is 0. The highest BCUT2D eigenvalue weighted by Crippen LogP contribution is 2.10. The third-order valence-corrected chi connectivity index (χ3v) is 2.32. The van der Waals surface area contributed by atoms with Gasteiger partial charge in [0.2, 0.25) is 0 Å². The minimum atomic E-state index is 0.152. The van der Waals surface area contributed by atoms with Crippen LogP contribution in [0.1, 0.15) is 51.9 Å². The van der Waals surface area contributed by atoms with Gasteiger partial charge in [0.15, 0.2) is 0 Å². The quantitative estimate of drug-likeness (QED) is 0.409. The average Bonchev–Trinajstić information content (AvgIpc) is 2.16. The van der Waals surface area contributed by atoms with Crippen molar-refractivity contribution in [2.24, 2.45) is 0 Å². The molecule has 0 rings (SSSR count). The summed E-state index contributed by atoms with van der Waals surface area (Å²) in [4.78, 5) is 10.2. The van der Waals surface area contributed by atoms with Crippen molar-refractivity contribution in [2.75, 3.05) is 7.11 Å². The summed E-state index contributed by atoms with van der Waals surface area (Å²) in [6.07, 6.45) is 9.04. The molecule has 1 atom stereocenters. The van der Waals surface area contributed by atoms with Gasteiger partial charge in [-0.05, 0) is 6.42 Å². The second-order valence-corrected chi connectivity index (χ2v) is 3.46. The molecule has 0 heterocycles. The highest BCUT2D eigenvalue weighted by molar-refractivity contribution is 5.50. The van der Waals surface area contributed by atoms with Crippen molar-refractivity contribution in [3.63, 3.8) is 0 Å². The molecule has 0 aliphatic rings. The molecule has 0 spiro atoms. The first kappa shape index (κ1) is 12.6. The number of rotatable bonds is 9. The minimum Gasteiger partial charge on any atom is -0.381 e. The van der Waals surface area contributed by atoms with Crippen LogP contribution in [0.4, 0.5) is 0 Å². The lowest BCUT2D eigenvalue weighted by Crippen LogP contribution is -2.10. The van der Waals surface area contributed by atoms with Crippen LogP contribution in [0.25, 0.3) is 0 Å². The lowest BCUT2D eigenvalue weighted by Gasteiger charge is -2.11. The monoisotopic (exact) mass is 186 g/mol. The Bertz CT molecular complexity index is 113. The molecule has 0 saturated heterocycles. The third kappa shape index (κ3) is 7.97. The van der Waals surface area contributed by atoms with Crippen molar-refractivity contribution in [2.45, 2.75) is 58.0 Å². The number of unbranched alkanes of at least 4 members (excludes halogenated alkanes) is 4. The first-order valence-corrected chi connectivity index (χ1v) is 5.31. The van der Waals surface area contributed by atoms with Gasteiger partial charge in [-0.25, -0.2) is 0 Å². The van der Waals surface area contributed by atoms with Crippen molar-refractivity contribution >= 4 is 6.29 Å². The molecule has 2 nitrogen and oxygen atoms in total. The summed E-state index contributed by atoms with van der Waals surface area (Å²) in [6.45, 7) is 2.21.